The van der Waals surface area contributed by atoms with Crippen LogP contribution in [0.15, 0.2) is 12.2 Å². The maximum Gasteiger partial charge on any atom is 0.276 e. The van der Waals surface area contributed by atoms with Crippen LogP contribution in [0.5, 0.6) is 0 Å². The molecule has 0 saturated heterocycles. The molecule has 2 N–H and O–H groups in total. The molecule has 76 valence electrons. The van der Waals surface area contributed by atoms with Crippen LogP contribution in [0.3, 0.4) is 0 Å². The Morgan fingerprint density at radius 2 is 2.23 bits per heavy atom. The summed E-state index contributed by atoms with van der Waals surface area (Å²) < 4.78 is 23.0. The molecule has 1 rings (SSSR count). The molecule has 1 atom stereocenters. The van der Waals surface area contributed by atoms with E-state index >= 15 is 0 Å². The largest absolute Gasteiger partial charge is 0.276 e. The van der Waals surface area contributed by atoms with Gasteiger partial charge in [-0.3, -0.25) is 0 Å². The zero-order valence-corrected chi connectivity index (χ0v) is 8.63. The number of nitrogens with two attached hydrogens (primary N) is 1. The number of rotatable bonds is 3. The van der Waals surface area contributed by atoms with Gasteiger partial charge in [0.05, 0.1) is 0 Å². The summed E-state index contributed by atoms with van der Waals surface area (Å²) >= 11 is 0. The Bertz CT molecular complexity index is 285. The number of hydrogen-bond acceptors (Lipinski definition) is 2. The monoisotopic (exact) mass is 204 g/mol. The van der Waals surface area contributed by atoms with E-state index in [0.717, 1.165) is 19.3 Å². The fraction of sp³-hybridized carbons (Fsp3) is 0.750. The fourth-order valence-electron chi connectivity index (χ4n) is 1.49. The topological polar surface area (TPSA) is 63.4 Å². The summed E-state index contributed by atoms with van der Waals surface area (Å²) in [5.74, 6) is 0.424. The Morgan fingerprint density at radius 1 is 1.54 bits per heavy atom. The fourth-order valence-corrected chi connectivity index (χ4v) is 1.91. The average molecular weight is 204 g/mol. The van der Waals surface area contributed by atoms with E-state index in [2.05, 4.69) is 12.2 Å². The van der Waals surface area contributed by atoms with E-state index in [9.17, 15) is 8.42 Å². The van der Waals surface area contributed by atoms with Gasteiger partial charge in [-0.1, -0.05) is 12.2 Å². The van der Waals surface area contributed by atoms with Crippen molar-refractivity contribution in [2.24, 2.45) is 11.1 Å². The lowest BCUT2D eigenvalue weighted by Gasteiger charge is -2.22. The molecule has 1 unspecified atom stereocenters. The zero-order valence-electron chi connectivity index (χ0n) is 7.81. The Morgan fingerprint density at radius 3 is 2.69 bits per heavy atom. The van der Waals surface area contributed by atoms with Crippen molar-refractivity contribution < 1.29 is 8.42 Å². The maximum atomic E-state index is 10.9. The molecule has 0 aromatic rings. The molecule has 0 fully saturated rings. The lowest BCUT2D eigenvalue weighted by atomic mass is 9.95. The van der Waals surface area contributed by atoms with Crippen LogP contribution in [0.2, 0.25) is 0 Å². The van der Waals surface area contributed by atoms with Gasteiger partial charge in [0.2, 0.25) is 0 Å². The summed E-state index contributed by atoms with van der Waals surface area (Å²) in [5.41, 5.74) is 0. The van der Waals surface area contributed by atoms with Crippen molar-refractivity contribution >= 4 is 10.2 Å². The molecule has 0 aromatic carbocycles. The van der Waals surface area contributed by atoms with Crippen LogP contribution in [0, 0.1) is 5.92 Å². The summed E-state index contributed by atoms with van der Waals surface area (Å²) in [6.07, 6.45) is 7.29. The lowest BCUT2D eigenvalue weighted by Crippen LogP contribution is -2.37. The van der Waals surface area contributed by atoms with E-state index in [1.165, 1.54) is 11.4 Å². The van der Waals surface area contributed by atoms with E-state index in [0.29, 0.717) is 12.5 Å². The molecule has 1 aliphatic rings. The number of nitrogens with zero attached hydrogens (tertiary/aromatic N) is 1. The van der Waals surface area contributed by atoms with Crippen LogP contribution in [0.1, 0.15) is 19.3 Å². The van der Waals surface area contributed by atoms with Crippen LogP contribution < -0.4 is 5.14 Å². The quantitative estimate of drug-likeness (QED) is 0.679. The van der Waals surface area contributed by atoms with Gasteiger partial charge < -0.3 is 0 Å². The second-order valence-electron chi connectivity index (χ2n) is 3.48. The number of allylic oxidation sites excluding steroid dienone is 2. The summed E-state index contributed by atoms with van der Waals surface area (Å²) in [5, 5.41) is 4.98. The first-order chi connectivity index (χ1) is 6.00. The van der Waals surface area contributed by atoms with Crippen molar-refractivity contribution in [3.8, 4) is 0 Å². The number of hydrogen-bond donors (Lipinski definition) is 1. The molecular weight excluding hydrogens is 188 g/mol. The Kier molecular flexibility index (Phi) is 3.47. The van der Waals surface area contributed by atoms with Gasteiger partial charge in [-0.15, -0.1) is 0 Å². The molecule has 0 radical (unpaired) electrons. The van der Waals surface area contributed by atoms with Crippen molar-refractivity contribution in [1.82, 2.24) is 4.31 Å². The summed E-state index contributed by atoms with van der Waals surface area (Å²) in [6.45, 7) is 0.531. The second kappa shape index (κ2) is 4.21. The first kappa shape index (κ1) is 10.7. The molecule has 0 saturated carbocycles. The highest BCUT2D eigenvalue weighted by atomic mass is 32.2. The highest BCUT2D eigenvalue weighted by Crippen LogP contribution is 2.19. The maximum absolute atomic E-state index is 10.9. The van der Waals surface area contributed by atoms with Crippen LogP contribution in [0.25, 0.3) is 0 Å². The standard InChI is InChI=1S/C8H16N2O2S/c1-10(13(9,11)12)7-8-5-3-2-4-6-8/h2-3,8H,4-7H2,1H3,(H2,9,11,12). The molecule has 0 bridgehead atoms. The van der Waals surface area contributed by atoms with Gasteiger partial charge in [0.15, 0.2) is 0 Å². The Balaban J connectivity index is 2.45. The molecule has 1 aliphatic carbocycles. The van der Waals surface area contributed by atoms with Crippen LogP contribution in [-0.4, -0.2) is 26.3 Å². The first-order valence-corrected chi connectivity index (χ1v) is 5.89. The minimum Gasteiger partial charge on any atom is -0.216 e. The SMILES string of the molecule is CN(CC1CC=CCC1)S(N)(=O)=O. The minimum atomic E-state index is -3.49. The predicted molar refractivity (Wildman–Crippen MR) is 52.2 cm³/mol. The lowest BCUT2D eigenvalue weighted by molar-refractivity contribution is 0.362. The van der Waals surface area contributed by atoms with Crippen molar-refractivity contribution in [2.45, 2.75) is 19.3 Å². The molecule has 13 heavy (non-hydrogen) atoms. The normalized spacial score (nSPS) is 23.8. The van der Waals surface area contributed by atoms with E-state index in [-0.39, 0.29) is 0 Å². The predicted octanol–water partition coefficient (Wildman–Crippen LogP) is 0.478. The van der Waals surface area contributed by atoms with Gasteiger partial charge in [0.25, 0.3) is 10.2 Å². The van der Waals surface area contributed by atoms with Gasteiger partial charge >= 0.3 is 0 Å². The Hall–Kier alpha value is -0.390. The summed E-state index contributed by atoms with van der Waals surface area (Å²) in [6, 6.07) is 0. The van der Waals surface area contributed by atoms with Crippen LogP contribution in [-0.2, 0) is 10.2 Å². The summed E-state index contributed by atoms with van der Waals surface area (Å²) in [4.78, 5) is 0. The van der Waals surface area contributed by atoms with Crippen molar-refractivity contribution in [3.05, 3.63) is 12.2 Å². The van der Waals surface area contributed by atoms with Crippen molar-refractivity contribution in [2.75, 3.05) is 13.6 Å². The molecule has 0 aromatic heterocycles. The highest BCUT2D eigenvalue weighted by Gasteiger charge is 2.17. The molecular formula is C8H16N2O2S. The average Bonchev–Trinajstić information content (AvgIpc) is 2.04. The van der Waals surface area contributed by atoms with Crippen molar-refractivity contribution in [3.63, 3.8) is 0 Å². The second-order valence-corrected chi connectivity index (χ2v) is 5.13. The van der Waals surface area contributed by atoms with Crippen LogP contribution >= 0.6 is 0 Å². The third-order valence-corrected chi connectivity index (χ3v) is 3.35. The van der Waals surface area contributed by atoms with Crippen molar-refractivity contribution in [1.29, 1.82) is 0 Å². The van der Waals surface area contributed by atoms with Gasteiger partial charge in [-0.2, -0.15) is 12.7 Å². The third kappa shape index (κ3) is 3.46. The third-order valence-electron chi connectivity index (χ3n) is 2.33. The zero-order chi connectivity index (χ0) is 9.90. The highest BCUT2D eigenvalue weighted by molar-refractivity contribution is 7.86. The molecule has 0 heterocycles. The first-order valence-electron chi connectivity index (χ1n) is 4.39. The van der Waals surface area contributed by atoms with Gasteiger partial charge in [-0.25, -0.2) is 5.14 Å². The summed E-state index contributed by atoms with van der Waals surface area (Å²) in [7, 11) is -1.97. The molecule has 0 spiro atoms. The molecule has 5 heteroatoms. The van der Waals surface area contributed by atoms with Gasteiger partial charge in [0, 0.05) is 13.6 Å². The Labute approximate surface area is 79.6 Å². The van der Waals surface area contributed by atoms with E-state index in [1.54, 1.807) is 0 Å². The van der Waals surface area contributed by atoms with E-state index < -0.39 is 10.2 Å². The smallest absolute Gasteiger partial charge is 0.216 e. The van der Waals surface area contributed by atoms with Gasteiger partial charge in [-0.05, 0) is 25.2 Å². The van der Waals surface area contributed by atoms with E-state index in [1.807, 2.05) is 0 Å². The molecule has 4 nitrogen and oxygen atoms in total. The van der Waals surface area contributed by atoms with Gasteiger partial charge in [0.1, 0.15) is 0 Å². The van der Waals surface area contributed by atoms with Crippen LogP contribution in [0.4, 0.5) is 0 Å². The molecule has 0 amide bonds. The van der Waals surface area contributed by atoms with E-state index in [4.69, 9.17) is 5.14 Å². The molecule has 0 aliphatic heterocycles. The minimum absolute atomic E-state index is 0.424.